The standard InChI is InChI=1S/C16H15ClO/c17-12-11-16(13-18,14-7-3-1-4-8-14)15-9-5-2-6-10-15/h1-10,13H,11-12H2. The van der Waals surface area contributed by atoms with E-state index in [9.17, 15) is 4.79 Å². The second kappa shape index (κ2) is 5.83. The van der Waals surface area contributed by atoms with Crippen molar-refractivity contribution in [3.8, 4) is 0 Å². The molecule has 2 rings (SSSR count). The van der Waals surface area contributed by atoms with Crippen LogP contribution < -0.4 is 0 Å². The predicted molar refractivity (Wildman–Crippen MR) is 75.1 cm³/mol. The van der Waals surface area contributed by atoms with E-state index in [4.69, 9.17) is 11.6 Å². The van der Waals surface area contributed by atoms with E-state index in [0.29, 0.717) is 12.3 Å². The molecule has 2 heteroatoms. The molecule has 0 N–H and O–H groups in total. The molecule has 0 aliphatic rings. The van der Waals surface area contributed by atoms with Crippen molar-refractivity contribution in [3.63, 3.8) is 0 Å². The number of halogens is 1. The Kier molecular flexibility index (Phi) is 4.16. The Balaban J connectivity index is 2.57. The molecule has 0 saturated carbocycles. The van der Waals surface area contributed by atoms with Crippen LogP contribution in [0.15, 0.2) is 60.7 Å². The van der Waals surface area contributed by atoms with E-state index in [0.717, 1.165) is 17.4 Å². The fourth-order valence-corrected chi connectivity index (χ4v) is 2.57. The van der Waals surface area contributed by atoms with Crippen LogP contribution in [-0.4, -0.2) is 12.2 Å². The molecule has 18 heavy (non-hydrogen) atoms. The number of rotatable bonds is 5. The highest BCUT2D eigenvalue weighted by molar-refractivity contribution is 6.18. The summed E-state index contributed by atoms with van der Waals surface area (Å²) in [6.45, 7) is 0. The van der Waals surface area contributed by atoms with E-state index in [1.165, 1.54) is 0 Å². The van der Waals surface area contributed by atoms with Crippen LogP contribution in [0, 0.1) is 0 Å². The van der Waals surface area contributed by atoms with Gasteiger partial charge in [-0.1, -0.05) is 60.7 Å². The van der Waals surface area contributed by atoms with Gasteiger partial charge in [-0.05, 0) is 17.5 Å². The zero-order chi connectivity index (χ0) is 12.8. The summed E-state index contributed by atoms with van der Waals surface area (Å²) in [7, 11) is 0. The number of hydrogen-bond donors (Lipinski definition) is 0. The van der Waals surface area contributed by atoms with Crippen molar-refractivity contribution in [2.75, 3.05) is 5.88 Å². The molecular weight excluding hydrogens is 244 g/mol. The van der Waals surface area contributed by atoms with E-state index in [1.54, 1.807) is 0 Å². The third-order valence-corrected chi connectivity index (χ3v) is 3.46. The molecule has 0 radical (unpaired) electrons. The first-order chi connectivity index (χ1) is 8.83. The summed E-state index contributed by atoms with van der Waals surface area (Å²) in [5, 5.41) is 0. The van der Waals surface area contributed by atoms with Gasteiger partial charge in [-0.25, -0.2) is 0 Å². The van der Waals surface area contributed by atoms with Crippen LogP contribution in [0.4, 0.5) is 0 Å². The minimum atomic E-state index is -0.635. The minimum absolute atomic E-state index is 0.447. The van der Waals surface area contributed by atoms with Crippen molar-refractivity contribution >= 4 is 17.9 Å². The molecule has 0 bridgehead atoms. The van der Waals surface area contributed by atoms with Gasteiger partial charge in [0, 0.05) is 5.88 Å². The predicted octanol–water partition coefficient (Wildman–Crippen LogP) is 3.80. The van der Waals surface area contributed by atoms with Gasteiger partial charge >= 0.3 is 0 Å². The number of hydrogen-bond acceptors (Lipinski definition) is 1. The van der Waals surface area contributed by atoms with Gasteiger partial charge < -0.3 is 4.79 Å². The summed E-state index contributed by atoms with van der Waals surface area (Å²) in [4.78, 5) is 11.8. The van der Waals surface area contributed by atoms with Crippen LogP contribution in [0.1, 0.15) is 17.5 Å². The zero-order valence-electron chi connectivity index (χ0n) is 10.1. The molecule has 2 aromatic carbocycles. The summed E-state index contributed by atoms with van der Waals surface area (Å²) in [6.07, 6.45) is 1.62. The largest absolute Gasteiger partial charge is 0.302 e. The summed E-state index contributed by atoms with van der Waals surface area (Å²) >= 11 is 5.91. The van der Waals surface area contributed by atoms with Gasteiger partial charge in [0.05, 0.1) is 5.41 Å². The quantitative estimate of drug-likeness (QED) is 0.589. The van der Waals surface area contributed by atoms with Crippen molar-refractivity contribution in [1.82, 2.24) is 0 Å². The fourth-order valence-electron chi connectivity index (χ4n) is 2.27. The highest BCUT2D eigenvalue weighted by Crippen LogP contribution is 2.34. The summed E-state index contributed by atoms with van der Waals surface area (Å²) in [5.41, 5.74) is 1.35. The Morgan fingerprint density at radius 3 is 1.67 bits per heavy atom. The third kappa shape index (κ3) is 2.32. The van der Waals surface area contributed by atoms with E-state index < -0.39 is 5.41 Å². The highest BCUT2D eigenvalue weighted by Gasteiger charge is 2.33. The highest BCUT2D eigenvalue weighted by atomic mass is 35.5. The molecule has 2 aromatic rings. The SMILES string of the molecule is O=CC(CCCl)(c1ccccc1)c1ccccc1. The molecular formula is C16H15ClO. The number of benzene rings is 2. The molecule has 0 aliphatic carbocycles. The van der Waals surface area contributed by atoms with Gasteiger partial charge in [0.1, 0.15) is 6.29 Å². The topological polar surface area (TPSA) is 17.1 Å². The van der Waals surface area contributed by atoms with Crippen LogP contribution in [0.3, 0.4) is 0 Å². The van der Waals surface area contributed by atoms with E-state index in [-0.39, 0.29) is 0 Å². The Morgan fingerprint density at radius 2 is 1.33 bits per heavy atom. The van der Waals surface area contributed by atoms with E-state index >= 15 is 0 Å². The van der Waals surface area contributed by atoms with Crippen molar-refractivity contribution in [2.45, 2.75) is 11.8 Å². The molecule has 0 spiro atoms. The van der Waals surface area contributed by atoms with Gasteiger partial charge in [-0.15, -0.1) is 11.6 Å². The maximum atomic E-state index is 11.8. The molecule has 0 aromatic heterocycles. The Labute approximate surface area is 112 Å². The molecule has 0 aliphatic heterocycles. The van der Waals surface area contributed by atoms with Crippen LogP contribution in [0.25, 0.3) is 0 Å². The van der Waals surface area contributed by atoms with Crippen molar-refractivity contribution in [3.05, 3.63) is 71.8 Å². The maximum absolute atomic E-state index is 11.8. The number of alkyl halides is 1. The molecule has 92 valence electrons. The normalized spacial score (nSPS) is 11.2. The molecule has 0 unspecified atom stereocenters. The number of aldehydes is 1. The molecule has 0 amide bonds. The van der Waals surface area contributed by atoms with E-state index in [2.05, 4.69) is 0 Å². The smallest absolute Gasteiger partial charge is 0.134 e. The maximum Gasteiger partial charge on any atom is 0.134 e. The van der Waals surface area contributed by atoms with E-state index in [1.807, 2.05) is 60.7 Å². The second-order valence-electron chi connectivity index (χ2n) is 4.26. The Bertz CT molecular complexity index is 454. The van der Waals surface area contributed by atoms with Crippen LogP contribution in [-0.2, 0) is 10.2 Å². The van der Waals surface area contributed by atoms with Crippen LogP contribution in [0.2, 0.25) is 0 Å². The summed E-state index contributed by atoms with van der Waals surface area (Å²) in [5.74, 6) is 0.447. The van der Waals surface area contributed by atoms with Gasteiger partial charge in [-0.2, -0.15) is 0 Å². The second-order valence-corrected chi connectivity index (χ2v) is 4.64. The average Bonchev–Trinajstić information content (AvgIpc) is 2.47. The lowest BCUT2D eigenvalue weighted by Crippen LogP contribution is -2.30. The average molecular weight is 259 g/mol. The first kappa shape index (κ1) is 12.8. The first-order valence-electron chi connectivity index (χ1n) is 5.97. The number of carbonyl (C=O) groups is 1. The number of carbonyl (C=O) groups excluding carboxylic acids is 1. The zero-order valence-corrected chi connectivity index (χ0v) is 10.8. The van der Waals surface area contributed by atoms with Crippen molar-refractivity contribution in [2.24, 2.45) is 0 Å². The van der Waals surface area contributed by atoms with Gasteiger partial charge in [0.25, 0.3) is 0 Å². The van der Waals surface area contributed by atoms with Crippen molar-refractivity contribution in [1.29, 1.82) is 0 Å². The molecule has 0 atom stereocenters. The van der Waals surface area contributed by atoms with Gasteiger partial charge in [0.15, 0.2) is 0 Å². The van der Waals surface area contributed by atoms with Gasteiger partial charge in [0.2, 0.25) is 0 Å². The lowest BCUT2D eigenvalue weighted by Gasteiger charge is -2.28. The van der Waals surface area contributed by atoms with Crippen molar-refractivity contribution < 1.29 is 4.79 Å². The summed E-state index contributed by atoms with van der Waals surface area (Å²) < 4.78 is 0. The van der Waals surface area contributed by atoms with Crippen LogP contribution >= 0.6 is 11.6 Å². The fraction of sp³-hybridized carbons (Fsp3) is 0.188. The lowest BCUT2D eigenvalue weighted by atomic mass is 9.74. The Morgan fingerprint density at radius 1 is 0.889 bits per heavy atom. The summed E-state index contributed by atoms with van der Waals surface area (Å²) in [6, 6.07) is 19.6. The molecule has 0 heterocycles. The molecule has 1 nitrogen and oxygen atoms in total. The van der Waals surface area contributed by atoms with Crippen LogP contribution in [0.5, 0.6) is 0 Å². The third-order valence-electron chi connectivity index (χ3n) is 3.27. The minimum Gasteiger partial charge on any atom is -0.302 e. The molecule has 0 fully saturated rings. The monoisotopic (exact) mass is 258 g/mol. The van der Waals surface area contributed by atoms with Gasteiger partial charge in [-0.3, -0.25) is 0 Å². The first-order valence-corrected chi connectivity index (χ1v) is 6.50. The molecule has 0 saturated heterocycles. The Hall–Kier alpha value is -1.60. The lowest BCUT2D eigenvalue weighted by molar-refractivity contribution is -0.111.